The quantitative estimate of drug-likeness (QED) is 0.828. The molecule has 1 rings (SSSR count). The van der Waals surface area contributed by atoms with Crippen LogP contribution in [0.2, 0.25) is 5.02 Å². The Hall–Kier alpha value is -0.560. The molecule has 7 heteroatoms. The summed E-state index contributed by atoms with van der Waals surface area (Å²) >= 11 is 8.94. The molecule has 0 aromatic heterocycles. The molecule has 1 aromatic rings. The number of sulfonamides is 1. The molecule has 0 fully saturated rings. The van der Waals surface area contributed by atoms with E-state index in [4.69, 9.17) is 17.3 Å². The van der Waals surface area contributed by atoms with Crippen molar-refractivity contribution in [1.82, 2.24) is 4.72 Å². The van der Waals surface area contributed by atoms with Crippen LogP contribution in [0.25, 0.3) is 0 Å². The van der Waals surface area contributed by atoms with Gasteiger partial charge < -0.3 is 5.73 Å². The average molecular weight is 340 g/mol. The number of nitrogens with one attached hydrogen (secondary N) is 1. The van der Waals surface area contributed by atoms with Gasteiger partial charge in [-0.25, -0.2) is 13.1 Å². The van der Waals surface area contributed by atoms with E-state index in [0.717, 1.165) is 0 Å². The van der Waals surface area contributed by atoms with Gasteiger partial charge in [0.2, 0.25) is 10.0 Å². The van der Waals surface area contributed by atoms with E-state index in [0.29, 0.717) is 15.1 Å². The highest BCUT2D eigenvalue weighted by atomic mass is 79.9. The standard InChI is InChI=1S/C10H12BrClN2O2S/c1-6-3-8(4-9(13)10(6)12)17(15,16)14-5-7(2)11/h3-4,14H,2,5,13H2,1H3. The molecule has 0 aliphatic heterocycles. The lowest BCUT2D eigenvalue weighted by Gasteiger charge is -2.09. The van der Waals surface area contributed by atoms with Crippen LogP contribution in [0.5, 0.6) is 0 Å². The van der Waals surface area contributed by atoms with E-state index in [1.165, 1.54) is 12.1 Å². The molecular formula is C10H12BrClN2O2S. The SMILES string of the molecule is C=C(Br)CNS(=O)(=O)c1cc(C)c(Cl)c(N)c1. The molecule has 0 aliphatic rings. The number of benzene rings is 1. The number of nitrogens with two attached hydrogens (primary N) is 1. The third-order valence-corrected chi connectivity index (χ3v) is 4.20. The molecule has 0 amide bonds. The fraction of sp³-hybridized carbons (Fsp3) is 0.200. The highest BCUT2D eigenvalue weighted by Crippen LogP contribution is 2.26. The smallest absolute Gasteiger partial charge is 0.240 e. The second kappa shape index (κ2) is 5.39. The summed E-state index contributed by atoms with van der Waals surface area (Å²) in [5, 5.41) is 0.369. The van der Waals surface area contributed by atoms with Gasteiger partial charge in [0.1, 0.15) is 0 Å². The van der Waals surface area contributed by atoms with Gasteiger partial charge >= 0.3 is 0 Å². The fourth-order valence-electron chi connectivity index (χ4n) is 1.17. The summed E-state index contributed by atoms with van der Waals surface area (Å²) in [4.78, 5) is 0.0886. The van der Waals surface area contributed by atoms with Crippen molar-refractivity contribution in [2.75, 3.05) is 12.3 Å². The van der Waals surface area contributed by atoms with Crippen molar-refractivity contribution in [3.63, 3.8) is 0 Å². The van der Waals surface area contributed by atoms with E-state index < -0.39 is 10.0 Å². The van der Waals surface area contributed by atoms with Gasteiger partial charge in [-0.3, -0.25) is 0 Å². The molecular weight excluding hydrogens is 328 g/mol. The van der Waals surface area contributed by atoms with Gasteiger partial charge in [0, 0.05) is 11.0 Å². The Morgan fingerprint density at radius 1 is 1.59 bits per heavy atom. The second-order valence-corrected chi connectivity index (χ2v) is 6.75. The van der Waals surface area contributed by atoms with Crippen molar-refractivity contribution in [2.45, 2.75) is 11.8 Å². The molecule has 0 spiro atoms. The summed E-state index contributed by atoms with van der Waals surface area (Å²) in [7, 11) is -3.60. The van der Waals surface area contributed by atoms with Crippen molar-refractivity contribution in [3.05, 3.63) is 33.8 Å². The molecule has 0 radical (unpaired) electrons. The summed E-state index contributed by atoms with van der Waals surface area (Å²) in [5.74, 6) is 0. The summed E-state index contributed by atoms with van der Waals surface area (Å²) < 4.78 is 26.7. The molecule has 0 atom stereocenters. The van der Waals surface area contributed by atoms with E-state index in [2.05, 4.69) is 27.2 Å². The Morgan fingerprint density at radius 2 is 2.18 bits per heavy atom. The molecule has 0 bridgehead atoms. The fourth-order valence-corrected chi connectivity index (χ4v) is 2.75. The zero-order chi connectivity index (χ0) is 13.2. The first-order chi connectivity index (χ1) is 7.74. The summed E-state index contributed by atoms with van der Waals surface area (Å²) in [6, 6.07) is 2.80. The van der Waals surface area contributed by atoms with Crippen LogP contribution in [0.1, 0.15) is 5.56 Å². The maximum atomic E-state index is 11.9. The highest BCUT2D eigenvalue weighted by molar-refractivity contribution is 9.11. The maximum Gasteiger partial charge on any atom is 0.240 e. The first-order valence-corrected chi connectivity index (χ1v) is 7.28. The van der Waals surface area contributed by atoms with Crippen molar-refractivity contribution >= 4 is 43.2 Å². The van der Waals surface area contributed by atoms with E-state index >= 15 is 0 Å². The number of rotatable bonds is 4. The van der Waals surface area contributed by atoms with E-state index in [1.807, 2.05) is 0 Å². The Bertz CT molecular complexity index is 534. The summed E-state index contributed by atoms with van der Waals surface area (Å²) in [6.45, 7) is 5.36. The number of halogens is 2. The van der Waals surface area contributed by atoms with Crippen molar-refractivity contribution in [2.24, 2.45) is 0 Å². The monoisotopic (exact) mass is 338 g/mol. The summed E-state index contributed by atoms with van der Waals surface area (Å²) in [6.07, 6.45) is 0. The minimum absolute atomic E-state index is 0.0886. The van der Waals surface area contributed by atoms with Gasteiger partial charge in [-0.05, 0) is 24.6 Å². The minimum Gasteiger partial charge on any atom is -0.397 e. The molecule has 17 heavy (non-hydrogen) atoms. The van der Waals surface area contributed by atoms with Crippen LogP contribution in [0.3, 0.4) is 0 Å². The van der Waals surface area contributed by atoms with E-state index in [1.54, 1.807) is 6.92 Å². The minimum atomic E-state index is -3.60. The topological polar surface area (TPSA) is 72.2 Å². The first-order valence-electron chi connectivity index (χ1n) is 4.62. The van der Waals surface area contributed by atoms with Crippen LogP contribution in [-0.2, 0) is 10.0 Å². The molecule has 4 nitrogen and oxygen atoms in total. The molecule has 0 saturated heterocycles. The highest BCUT2D eigenvalue weighted by Gasteiger charge is 2.16. The van der Waals surface area contributed by atoms with Gasteiger partial charge in [-0.2, -0.15) is 0 Å². The van der Waals surface area contributed by atoms with Crippen LogP contribution >= 0.6 is 27.5 Å². The Balaban J connectivity index is 3.12. The molecule has 0 heterocycles. The predicted octanol–water partition coefficient (Wildman–Crippen LogP) is 2.42. The van der Waals surface area contributed by atoms with Crippen LogP contribution in [-0.4, -0.2) is 15.0 Å². The van der Waals surface area contributed by atoms with Crippen molar-refractivity contribution in [3.8, 4) is 0 Å². The van der Waals surface area contributed by atoms with Crippen LogP contribution in [0.15, 0.2) is 28.1 Å². The Labute approximate surface area is 114 Å². The second-order valence-electron chi connectivity index (χ2n) is 3.49. The lowest BCUT2D eigenvalue weighted by Crippen LogP contribution is -2.25. The Kier molecular flexibility index (Phi) is 4.60. The molecule has 94 valence electrons. The third-order valence-electron chi connectivity index (χ3n) is 2.02. The molecule has 3 N–H and O–H groups in total. The van der Waals surface area contributed by atoms with Gasteiger partial charge in [-0.1, -0.05) is 34.1 Å². The zero-order valence-electron chi connectivity index (χ0n) is 9.13. The number of nitrogen functional groups attached to an aromatic ring is 1. The average Bonchev–Trinajstić information content (AvgIpc) is 2.22. The first kappa shape index (κ1) is 14.5. The number of aryl methyl sites for hydroxylation is 1. The largest absolute Gasteiger partial charge is 0.397 e. The van der Waals surface area contributed by atoms with Gasteiger partial charge in [-0.15, -0.1) is 0 Å². The number of hydrogen-bond acceptors (Lipinski definition) is 3. The Morgan fingerprint density at radius 3 is 2.65 bits per heavy atom. The number of anilines is 1. The van der Waals surface area contributed by atoms with Crippen molar-refractivity contribution < 1.29 is 8.42 Å². The van der Waals surface area contributed by atoms with Crippen LogP contribution in [0.4, 0.5) is 5.69 Å². The van der Waals surface area contributed by atoms with E-state index in [9.17, 15) is 8.42 Å². The van der Waals surface area contributed by atoms with Gasteiger partial charge in [0.15, 0.2) is 0 Å². The molecule has 0 unspecified atom stereocenters. The zero-order valence-corrected chi connectivity index (χ0v) is 12.3. The molecule has 0 saturated carbocycles. The summed E-state index contributed by atoms with van der Waals surface area (Å²) in [5.41, 5.74) is 6.48. The van der Waals surface area contributed by atoms with Gasteiger partial charge in [0.05, 0.1) is 15.6 Å². The lowest BCUT2D eigenvalue weighted by atomic mass is 10.2. The molecule has 1 aromatic carbocycles. The van der Waals surface area contributed by atoms with Crippen LogP contribution in [0, 0.1) is 6.92 Å². The van der Waals surface area contributed by atoms with Gasteiger partial charge in [0.25, 0.3) is 0 Å². The van der Waals surface area contributed by atoms with E-state index in [-0.39, 0.29) is 17.1 Å². The van der Waals surface area contributed by atoms with Crippen LogP contribution < -0.4 is 10.5 Å². The predicted molar refractivity (Wildman–Crippen MR) is 73.9 cm³/mol. The lowest BCUT2D eigenvalue weighted by molar-refractivity contribution is 0.585. The third kappa shape index (κ3) is 3.70. The molecule has 0 aliphatic carbocycles. The maximum absolute atomic E-state index is 11.9. The van der Waals surface area contributed by atoms with Crippen molar-refractivity contribution in [1.29, 1.82) is 0 Å². The normalized spacial score (nSPS) is 11.5. The number of hydrogen-bond donors (Lipinski definition) is 2.